The van der Waals surface area contributed by atoms with Crippen LogP contribution in [0.5, 0.6) is 5.75 Å². The number of nitrogens with one attached hydrogen (secondary N) is 2. The predicted octanol–water partition coefficient (Wildman–Crippen LogP) is 3.85. The van der Waals surface area contributed by atoms with Crippen molar-refractivity contribution in [2.45, 2.75) is 6.92 Å². The molecule has 6 nitrogen and oxygen atoms in total. The lowest BCUT2D eigenvalue weighted by molar-refractivity contribution is -0.113. The molecule has 1 aromatic heterocycles. The highest BCUT2D eigenvalue weighted by Gasteiger charge is 2.17. The van der Waals surface area contributed by atoms with Crippen LogP contribution in [0.2, 0.25) is 5.02 Å². The van der Waals surface area contributed by atoms with Crippen molar-refractivity contribution in [2.75, 3.05) is 11.9 Å². The van der Waals surface area contributed by atoms with Gasteiger partial charge in [-0.15, -0.1) is 0 Å². The monoisotopic (exact) mass is 366 g/mol. The Kier molecular flexibility index (Phi) is 4.18. The van der Waals surface area contributed by atoms with Gasteiger partial charge in [0.15, 0.2) is 5.82 Å². The van der Waals surface area contributed by atoms with E-state index in [0.29, 0.717) is 22.1 Å². The number of rotatable bonds is 3. The van der Waals surface area contributed by atoms with Crippen LogP contribution in [0.15, 0.2) is 48.0 Å². The number of hydrogen-bond donors (Lipinski definition) is 2. The van der Waals surface area contributed by atoms with E-state index in [1.54, 1.807) is 24.3 Å². The fourth-order valence-electron chi connectivity index (χ4n) is 2.67. The van der Waals surface area contributed by atoms with E-state index in [2.05, 4.69) is 20.5 Å². The van der Waals surface area contributed by atoms with Crippen LogP contribution in [0, 0.1) is 6.92 Å². The molecule has 7 heteroatoms. The number of ether oxygens (including phenoxy) is 1. The van der Waals surface area contributed by atoms with Gasteiger partial charge in [-0.25, -0.2) is 4.98 Å². The number of anilines is 1. The molecular weight excluding hydrogens is 352 g/mol. The van der Waals surface area contributed by atoms with E-state index in [4.69, 9.17) is 16.3 Å². The van der Waals surface area contributed by atoms with Crippen LogP contribution in [-0.4, -0.2) is 27.7 Å². The second kappa shape index (κ2) is 6.65. The van der Waals surface area contributed by atoms with Crippen molar-refractivity contribution >= 4 is 29.3 Å². The van der Waals surface area contributed by atoms with E-state index in [-0.39, 0.29) is 12.5 Å². The number of fused-ring (bicyclic) bond motifs is 1. The van der Waals surface area contributed by atoms with Crippen molar-refractivity contribution < 1.29 is 9.53 Å². The van der Waals surface area contributed by atoms with Gasteiger partial charge in [0.05, 0.1) is 5.57 Å². The highest BCUT2D eigenvalue weighted by atomic mass is 35.5. The van der Waals surface area contributed by atoms with Crippen LogP contribution in [0.1, 0.15) is 11.4 Å². The molecule has 1 aliphatic rings. The van der Waals surface area contributed by atoms with E-state index >= 15 is 0 Å². The fourth-order valence-corrected chi connectivity index (χ4v) is 2.85. The zero-order chi connectivity index (χ0) is 18.1. The highest BCUT2D eigenvalue weighted by molar-refractivity contribution is 6.30. The molecule has 0 bridgehead atoms. The van der Waals surface area contributed by atoms with Crippen molar-refractivity contribution in [1.29, 1.82) is 0 Å². The summed E-state index contributed by atoms with van der Waals surface area (Å²) in [5, 5.41) is 10.4. The van der Waals surface area contributed by atoms with Gasteiger partial charge in [-0.3, -0.25) is 9.89 Å². The molecule has 0 saturated carbocycles. The third kappa shape index (κ3) is 3.32. The number of carbonyl (C=O) groups excluding carboxylic acids is 1. The lowest BCUT2D eigenvalue weighted by atomic mass is 10.1. The summed E-state index contributed by atoms with van der Waals surface area (Å²) >= 11 is 6.00. The zero-order valence-corrected chi connectivity index (χ0v) is 14.7. The van der Waals surface area contributed by atoms with Crippen LogP contribution in [-0.2, 0) is 4.79 Å². The molecule has 2 aromatic carbocycles. The van der Waals surface area contributed by atoms with E-state index in [1.165, 1.54) is 0 Å². The van der Waals surface area contributed by atoms with E-state index in [0.717, 1.165) is 22.7 Å². The molecule has 0 saturated heterocycles. The van der Waals surface area contributed by atoms with Crippen LogP contribution < -0.4 is 10.1 Å². The minimum absolute atomic E-state index is 0.211. The van der Waals surface area contributed by atoms with Crippen molar-refractivity contribution in [1.82, 2.24) is 15.2 Å². The summed E-state index contributed by atoms with van der Waals surface area (Å²) < 4.78 is 5.62. The molecule has 3 aromatic rings. The van der Waals surface area contributed by atoms with Gasteiger partial charge < -0.3 is 10.1 Å². The number of carbonyl (C=O) groups is 1. The van der Waals surface area contributed by atoms with Gasteiger partial charge in [0.1, 0.15) is 18.2 Å². The summed E-state index contributed by atoms with van der Waals surface area (Å²) in [6, 6.07) is 12.7. The van der Waals surface area contributed by atoms with E-state index in [1.807, 2.05) is 31.2 Å². The number of hydrogen-bond acceptors (Lipinski definition) is 4. The minimum Gasteiger partial charge on any atom is -0.488 e. The zero-order valence-electron chi connectivity index (χ0n) is 13.9. The molecule has 1 aliphatic heterocycles. The van der Waals surface area contributed by atoms with E-state index < -0.39 is 0 Å². The largest absolute Gasteiger partial charge is 0.488 e. The number of aromatic nitrogens is 3. The standard InChI is InChI=1S/C19H15ClN4O2/c1-11-21-18(24-23-11)12-2-5-16(6-3-12)22-19(25)14-8-13-9-15(20)4-7-17(13)26-10-14/h2-9H,10H2,1H3,(H,22,25)(H,21,23,24). The Labute approximate surface area is 154 Å². The van der Waals surface area contributed by atoms with Crippen LogP contribution >= 0.6 is 11.6 Å². The molecule has 0 spiro atoms. The summed E-state index contributed by atoms with van der Waals surface area (Å²) in [6.07, 6.45) is 1.80. The third-order valence-electron chi connectivity index (χ3n) is 3.97. The molecule has 2 heterocycles. The Morgan fingerprint density at radius 3 is 2.77 bits per heavy atom. The number of benzene rings is 2. The fraction of sp³-hybridized carbons (Fsp3) is 0.105. The Hall–Kier alpha value is -3.12. The molecule has 130 valence electrons. The van der Waals surface area contributed by atoms with Gasteiger partial charge in [0, 0.05) is 21.8 Å². The molecule has 0 atom stereocenters. The molecule has 26 heavy (non-hydrogen) atoms. The summed E-state index contributed by atoms with van der Waals surface area (Å²) in [5.74, 6) is 1.88. The number of aromatic amines is 1. The topological polar surface area (TPSA) is 79.9 Å². The van der Waals surface area contributed by atoms with Crippen LogP contribution in [0.3, 0.4) is 0 Å². The first-order valence-corrected chi connectivity index (χ1v) is 8.40. The van der Waals surface area contributed by atoms with Gasteiger partial charge in [0.25, 0.3) is 5.91 Å². The summed E-state index contributed by atoms with van der Waals surface area (Å²) in [5.41, 5.74) is 2.89. The average Bonchev–Trinajstić information content (AvgIpc) is 3.08. The van der Waals surface area contributed by atoms with Crippen LogP contribution in [0.25, 0.3) is 17.5 Å². The first-order valence-electron chi connectivity index (χ1n) is 8.02. The van der Waals surface area contributed by atoms with Crippen molar-refractivity contribution in [2.24, 2.45) is 0 Å². The smallest absolute Gasteiger partial charge is 0.255 e. The molecule has 0 aliphatic carbocycles. The summed E-state index contributed by atoms with van der Waals surface area (Å²) in [7, 11) is 0. The Bertz CT molecular complexity index is 1010. The lowest BCUT2D eigenvalue weighted by Crippen LogP contribution is -2.21. The molecule has 2 N–H and O–H groups in total. The Morgan fingerprint density at radius 1 is 1.23 bits per heavy atom. The van der Waals surface area contributed by atoms with Gasteiger partial charge in [-0.1, -0.05) is 11.6 Å². The number of nitrogens with zero attached hydrogens (tertiary/aromatic N) is 2. The number of H-pyrrole nitrogens is 1. The van der Waals surface area contributed by atoms with Crippen LogP contribution in [0.4, 0.5) is 5.69 Å². The van der Waals surface area contributed by atoms with Gasteiger partial charge in [-0.2, -0.15) is 5.10 Å². The molecule has 0 unspecified atom stereocenters. The Balaban J connectivity index is 1.50. The summed E-state index contributed by atoms with van der Waals surface area (Å²) in [6.45, 7) is 2.06. The molecule has 0 radical (unpaired) electrons. The highest BCUT2D eigenvalue weighted by Crippen LogP contribution is 2.29. The maximum atomic E-state index is 12.5. The predicted molar refractivity (Wildman–Crippen MR) is 100 cm³/mol. The number of amides is 1. The lowest BCUT2D eigenvalue weighted by Gasteiger charge is -2.18. The quantitative estimate of drug-likeness (QED) is 0.737. The molecular formula is C19H15ClN4O2. The molecule has 0 fully saturated rings. The Morgan fingerprint density at radius 2 is 2.04 bits per heavy atom. The normalized spacial score (nSPS) is 12.8. The SMILES string of the molecule is Cc1nc(-c2ccc(NC(=O)C3=Cc4cc(Cl)ccc4OC3)cc2)n[nH]1. The number of aryl methyl sites for hydroxylation is 1. The molecule has 4 rings (SSSR count). The van der Waals surface area contributed by atoms with Crippen molar-refractivity contribution in [3.63, 3.8) is 0 Å². The first-order chi connectivity index (χ1) is 12.6. The van der Waals surface area contributed by atoms with E-state index in [9.17, 15) is 4.79 Å². The average molecular weight is 367 g/mol. The van der Waals surface area contributed by atoms with Gasteiger partial charge >= 0.3 is 0 Å². The van der Waals surface area contributed by atoms with Crippen molar-refractivity contribution in [3.05, 3.63) is 64.4 Å². The first kappa shape index (κ1) is 16.4. The van der Waals surface area contributed by atoms with Gasteiger partial charge in [0.2, 0.25) is 0 Å². The summed E-state index contributed by atoms with van der Waals surface area (Å²) in [4.78, 5) is 16.8. The maximum Gasteiger partial charge on any atom is 0.255 e. The van der Waals surface area contributed by atoms with Gasteiger partial charge in [-0.05, 0) is 55.5 Å². The minimum atomic E-state index is -0.211. The van der Waals surface area contributed by atoms with Crippen molar-refractivity contribution in [3.8, 4) is 17.1 Å². The number of halogens is 1. The maximum absolute atomic E-state index is 12.5. The third-order valence-corrected chi connectivity index (χ3v) is 4.21. The molecule has 1 amide bonds. The second-order valence-electron chi connectivity index (χ2n) is 5.92. The second-order valence-corrected chi connectivity index (χ2v) is 6.35.